The Balaban J connectivity index is 1.67. The van der Waals surface area contributed by atoms with Crippen LogP contribution in [0.3, 0.4) is 0 Å². The second kappa shape index (κ2) is 5.66. The van der Waals surface area contributed by atoms with Gasteiger partial charge in [0.1, 0.15) is 12.0 Å². The number of hydrogen-bond donors (Lipinski definition) is 0. The van der Waals surface area contributed by atoms with Crippen molar-refractivity contribution >= 4 is 32.9 Å². The number of pyridine rings is 2. The Bertz CT molecular complexity index is 900. The van der Waals surface area contributed by atoms with Gasteiger partial charge in [0, 0.05) is 47.5 Å². The monoisotopic (exact) mass is 369 g/mol. The molecule has 0 unspecified atom stereocenters. The van der Waals surface area contributed by atoms with E-state index >= 15 is 0 Å². The van der Waals surface area contributed by atoms with Gasteiger partial charge >= 0.3 is 0 Å². The van der Waals surface area contributed by atoms with Crippen LogP contribution >= 0.6 is 15.9 Å². The number of carbonyl (C=O) groups excluding carboxylic acids is 1. The lowest BCUT2D eigenvalue weighted by Crippen LogP contribution is -2.36. The molecule has 114 valence electrons. The Kier molecular flexibility index (Phi) is 3.49. The molecule has 7 heteroatoms. The number of halogens is 1. The molecule has 23 heavy (non-hydrogen) atoms. The Hall–Kier alpha value is -2.41. The van der Waals surface area contributed by atoms with Gasteiger partial charge in [-0.15, -0.1) is 0 Å². The molecule has 0 N–H and O–H groups in total. The minimum atomic E-state index is -0.0782. The van der Waals surface area contributed by atoms with Crippen LogP contribution in [0.2, 0.25) is 0 Å². The van der Waals surface area contributed by atoms with Gasteiger partial charge in [0.2, 0.25) is 0 Å². The molecule has 1 amide bonds. The lowest BCUT2D eigenvalue weighted by atomic mass is 10.0. The average molecular weight is 370 g/mol. The lowest BCUT2D eigenvalue weighted by molar-refractivity contribution is 0.0727. The van der Waals surface area contributed by atoms with E-state index in [1.54, 1.807) is 23.4 Å². The lowest BCUT2D eigenvalue weighted by Gasteiger charge is -2.28. The molecule has 0 spiro atoms. The van der Waals surface area contributed by atoms with Crippen LogP contribution in [-0.4, -0.2) is 37.3 Å². The Morgan fingerprint density at radius 2 is 2.17 bits per heavy atom. The summed E-state index contributed by atoms with van der Waals surface area (Å²) in [5, 5.41) is 0.967. The summed E-state index contributed by atoms with van der Waals surface area (Å²) in [6.45, 7) is 1.17. The number of nitrogens with zero attached hydrogens (tertiary/aromatic N) is 5. The third kappa shape index (κ3) is 2.68. The molecule has 0 atom stereocenters. The largest absolute Gasteiger partial charge is 0.333 e. The molecule has 0 aliphatic carbocycles. The molecule has 1 aliphatic rings. The maximum Gasteiger partial charge on any atom is 0.272 e. The van der Waals surface area contributed by atoms with Gasteiger partial charge in [-0.05, 0) is 39.7 Å². The van der Waals surface area contributed by atoms with Crippen molar-refractivity contribution in [3.05, 3.63) is 58.3 Å². The molecule has 3 aromatic heterocycles. The first-order valence-corrected chi connectivity index (χ1v) is 7.99. The summed E-state index contributed by atoms with van der Waals surface area (Å²) in [5.74, 6) is -0.0782. The van der Waals surface area contributed by atoms with Crippen LogP contribution in [0.1, 0.15) is 21.7 Å². The first kappa shape index (κ1) is 14.2. The van der Waals surface area contributed by atoms with Gasteiger partial charge in [0.25, 0.3) is 5.91 Å². The molecule has 0 fully saturated rings. The fourth-order valence-electron chi connectivity index (χ4n) is 2.75. The van der Waals surface area contributed by atoms with E-state index in [0.29, 0.717) is 18.8 Å². The third-order valence-corrected chi connectivity index (χ3v) is 4.30. The Morgan fingerprint density at radius 1 is 1.26 bits per heavy atom. The van der Waals surface area contributed by atoms with Crippen LogP contribution < -0.4 is 0 Å². The average Bonchev–Trinajstić information content (AvgIpc) is 2.59. The van der Waals surface area contributed by atoms with Crippen molar-refractivity contribution in [3.63, 3.8) is 0 Å². The summed E-state index contributed by atoms with van der Waals surface area (Å²) in [6, 6.07) is 5.69. The highest BCUT2D eigenvalue weighted by molar-refractivity contribution is 9.10. The summed E-state index contributed by atoms with van der Waals surface area (Å²) in [5.41, 5.74) is 3.23. The summed E-state index contributed by atoms with van der Waals surface area (Å²) in [4.78, 5) is 31.2. The predicted octanol–water partition coefficient (Wildman–Crippen LogP) is 2.38. The second-order valence-corrected chi connectivity index (χ2v) is 6.28. The third-order valence-electron chi connectivity index (χ3n) is 3.87. The van der Waals surface area contributed by atoms with Gasteiger partial charge in [0.15, 0.2) is 5.65 Å². The molecule has 0 saturated heterocycles. The van der Waals surface area contributed by atoms with E-state index in [0.717, 1.165) is 33.2 Å². The molecular formula is C16H12BrN5O. The Morgan fingerprint density at radius 3 is 3.00 bits per heavy atom. The standard InChI is InChI=1S/C16H12BrN5O/c17-12-6-10-5-11-8-22(16(23)14-1-3-18-9-20-14)4-2-13(11)21-15(10)19-7-12/h1,3,5-7,9H,2,4,8H2. The van der Waals surface area contributed by atoms with Crippen molar-refractivity contribution in [2.75, 3.05) is 6.54 Å². The fraction of sp³-hybridized carbons (Fsp3) is 0.188. The molecule has 0 saturated carbocycles. The van der Waals surface area contributed by atoms with E-state index in [2.05, 4.69) is 41.9 Å². The van der Waals surface area contributed by atoms with Crippen molar-refractivity contribution in [1.82, 2.24) is 24.8 Å². The van der Waals surface area contributed by atoms with Crippen molar-refractivity contribution in [3.8, 4) is 0 Å². The van der Waals surface area contributed by atoms with Gasteiger partial charge in [-0.2, -0.15) is 0 Å². The smallest absolute Gasteiger partial charge is 0.272 e. The number of amides is 1. The SMILES string of the molecule is O=C(c1ccncn1)N1CCc2nc3ncc(Br)cc3cc2C1. The Labute approximate surface area is 140 Å². The summed E-state index contributed by atoms with van der Waals surface area (Å²) in [6.07, 6.45) is 5.44. The predicted molar refractivity (Wildman–Crippen MR) is 87.7 cm³/mol. The number of hydrogen-bond acceptors (Lipinski definition) is 5. The number of carbonyl (C=O) groups is 1. The van der Waals surface area contributed by atoms with Crippen molar-refractivity contribution < 1.29 is 4.79 Å². The zero-order chi connectivity index (χ0) is 15.8. The summed E-state index contributed by atoms with van der Waals surface area (Å²) < 4.78 is 0.913. The highest BCUT2D eigenvalue weighted by Crippen LogP contribution is 2.24. The molecule has 0 aromatic carbocycles. The van der Waals surface area contributed by atoms with Gasteiger partial charge in [-0.1, -0.05) is 0 Å². The van der Waals surface area contributed by atoms with Gasteiger partial charge in [-0.25, -0.2) is 19.9 Å². The molecule has 4 heterocycles. The minimum absolute atomic E-state index is 0.0782. The molecule has 0 bridgehead atoms. The van der Waals surface area contributed by atoms with E-state index in [4.69, 9.17) is 0 Å². The van der Waals surface area contributed by atoms with Gasteiger partial charge in [0.05, 0.1) is 0 Å². The summed E-state index contributed by atoms with van der Waals surface area (Å²) >= 11 is 3.43. The van der Waals surface area contributed by atoms with E-state index in [-0.39, 0.29) is 5.91 Å². The van der Waals surface area contributed by atoms with E-state index in [1.807, 2.05) is 6.07 Å². The minimum Gasteiger partial charge on any atom is -0.333 e. The van der Waals surface area contributed by atoms with E-state index in [1.165, 1.54) is 6.33 Å². The van der Waals surface area contributed by atoms with Crippen LogP contribution in [0.15, 0.2) is 41.4 Å². The number of rotatable bonds is 1. The normalized spacial score (nSPS) is 13.9. The van der Waals surface area contributed by atoms with Gasteiger partial charge in [-0.3, -0.25) is 4.79 Å². The molecule has 3 aromatic rings. The highest BCUT2D eigenvalue weighted by Gasteiger charge is 2.24. The topological polar surface area (TPSA) is 71.9 Å². The van der Waals surface area contributed by atoms with E-state index in [9.17, 15) is 4.79 Å². The highest BCUT2D eigenvalue weighted by atomic mass is 79.9. The maximum absolute atomic E-state index is 12.5. The first-order chi connectivity index (χ1) is 11.2. The van der Waals surface area contributed by atoms with Crippen LogP contribution in [0.25, 0.3) is 11.0 Å². The zero-order valence-electron chi connectivity index (χ0n) is 12.1. The van der Waals surface area contributed by atoms with Crippen LogP contribution in [0.4, 0.5) is 0 Å². The number of fused-ring (bicyclic) bond motifs is 2. The van der Waals surface area contributed by atoms with Crippen LogP contribution in [0, 0.1) is 0 Å². The molecule has 0 radical (unpaired) electrons. The van der Waals surface area contributed by atoms with Gasteiger partial charge < -0.3 is 4.90 Å². The van der Waals surface area contributed by atoms with E-state index < -0.39 is 0 Å². The van der Waals surface area contributed by atoms with Crippen molar-refractivity contribution in [1.29, 1.82) is 0 Å². The zero-order valence-corrected chi connectivity index (χ0v) is 13.7. The molecule has 4 rings (SSSR count). The number of aromatic nitrogens is 4. The fourth-order valence-corrected chi connectivity index (χ4v) is 3.10. The van der Waals surface area contributed by atoms with Crippen LogP contribution in [-0.2, 0) is 13.0 Å². The molecular weight excluding hydrogens is 358 g/mol. The first-order valence-electron chi connectivity index (χ1n) is 7.20. The molecule has 1 aliphatic heterocycles. The van der Waals surface area contributed by atoms with Crippen molar-refractivity contribution in [2.24, 2.45) is 0 Å². The maximum atomic E-state index is 12.5. The van der Waals surface area contributed by atoms with Crippen LogP contribution in [0.5, 0.6) is 0 Å². The quantitative estimate of drug-likeness (QED) is 0.658. The van der Waals surface area contributed by atoms with Crippen molar-refractivity contribution in [2.45, 2.75) is 13.0 Å². The second-order valence-electron chi connectivity index (χ2n) is 5.37. The molecule has 6 nitrogen and oxygen atoms in total. The summed E-state index contributed by atoms with van der Waals surface area (Å²) in [7, 11) is 0.